The summed E-state index contributed by atoms with van der Waals surface area (Å²) in [5.74, 6) is 0.699. The van der Waals surface area contributed by atoms with E-state index in [1.54, 1.807) is 0 Å². The monoisotopic (exact) mass is 513 g/mol. The summed E-state index contributed by atoms with van der Waals surface area (Å²) in [6.07, 6.45) is -1.61. The summed E-state index contributed by atoms with van der Waals surface area (Å²) < 4.78 is 11.8. The highest BCUT2D eigenvalue weighted by Crippen LogP contribution is 2.38. The van der Waals surface area contributed by atoms with E-state index in [1.807, 2.05) is 47.4 Å². The lowest BCUT2D eigenvalue weighted by molar-refractivity contribution is -0.315. The van der Waals surface area contributed by atoms with Crippen LogP contribution in [0.3, 0.4) is 0 Å². The topological polar surface area (TPSA) is 120 Å². The summed E-state index contributed by atoms with van der Waals surface area (Å²) in [4.78, 5) is 14.8. The molecule has 1 amide bonds. The third-order valence-corrected chi connectivity index (χ3v) is 7.76. The maximum atomic E-state index is 12.9. The molecule has 2 aliphatic heterocycles. The third-order valence-electron chi connectivity index (χ3n) is 7.76. The fourth-order valence-electron chi connectivity index (χ4n) is 5.30. The Morgan fingerprint density at radius 3 is 2.43 bits per heavy atom. The minimum Gasteiger partial charge on any atom is -0.461 e. The zero-order valence-corrected chi connectivity index (χ0v) is 21.8. The average Bonchev–Trinajstić information content (AvgIpc) is 3.45. The van der Waals surface area contributed by atoms with Crippen LogP contribution in [-0.4, -0.2) is 81.1 Å². The largest absolute Gasteiger partial charge is 0.461 e. The zero-order valence-electron chi connectivity index (χ0n) is 21.8. The van der Waals surface area contributed by atoms with Gasteiger partial charge in [-0.05, 0) is 79.5 Å². The van der Waals surface area contributed by atoms with Crippen LogP contribution in [0.2, 0.25) is 0 Å². The first-order valence-electron chi connectivity index (χ1n) is 13.3. The van der Waals surface area contributed by atoms with E-state index in [0.29, 0.717) is 11.3 Å². The Kier molecular flexibility index (Phi) is 8.56. The first-order valence-corrected chi connectivity index (χ1v) is 13.3. The van der Waals surface area contributed by atoms with Gasteiger partial charge in [-0.2, -0.15) is 0 Å². The third kappa shape index (κ3) is 5.54. The minimum atomic E-state index is -1.90. The molecule has 37 heavy (non-hydrogen) atoms. The van der Waals surface area contributed by atoms with E-state index in [0.717, 1.165) is 55.5 Å². The van der Waals surface area contributed by atoms with Crippen LogP contribution < -0.4 is 4.74 Å². The molecule has 5 atom stereocenters. The highest BCUT2D eigenvalue weighted by atomic mass is 16.7. The van der Waals surface area contributed by atoms with Crippen LogP contribution in [0, 0.1) is 0 Å². The number of ether oxygens (including phenoxy) is 2. The van der Waals surface area contributed by atoms with Crippen molar-refractivity contribution in [3.05, 3.63) is 53.6 Å². The summed E-state index contributed by atoms with van der Waals surface area (Å²) >= 11 is 0. The van der Waals surface area contributed by atoms with Gasteiger partial charge in [-0.25, -0.2) is 0 Å². The van der Waals surface area contributed by atoms with Crippen LogP contribution in [0.5, 0.6) is 5.75 Å². The van der Waals surface area contributed by atoms with E-state index in [9.17, 15) is 25.2 Å². The molecular formula is C29H39NO7. The molecule has 202 valence electrons. The zero-order chi connectivity index (χ0) is 26.7. The van der Waals surface area contributed by atoms with Crippen molar-refractivity contribution >= 4 is 5.91 Å². The molecule has 5 unspecified atom stereocenters. The minimum absolute atomic E-state index is 0.0513. The van der Waals surface area contributed by atoms with Crippen LogP contribution in [-0.2, 0) is 4.74 Å². The van der Waals surface area contributed by atoms with Crippen molar-refractivity contribution in [2.45, 2.75) is 82.6 Å². The van der Waals surface area contributed by atoms with Gasteiger partial charge in [0.15, 0.2) is 5.60 Å². The lowest BCUT2D eigenvalue weighted by atomic mass is 9.87. The van der Waals surface area contributed by atoms with Gasteiger partial charge in [0.25, 0.3) is 5.91 Å². The molecule has 8 nitrogen and oxygen atoms in total. The fourth-order valence-corrected chi connectivity index (χ4v) is 5.30. The molecule has 0 saturated carbocycles. The lowest BCUT2D eigenvalue weighted by Crippen LogP contribution is -2.66. The number of amides is 1. The standard InChI is InChI=1S/C29H39NO7/c1-4-18(5-2)22-16-20(19-9-8-10-21(15-19)27(34)30-13-6-7-14-30)11-12-23(22)36-28-29(3,35)26(33)25(32)24(17-31)37-28/h8-12,15-16,18,24-26,28,31-33,35H,4-7,13-14,17H2,1-3H3. The van der Waals surface area contributed by atoms with E-state index >= 15 is 0 Å². The first-order chi connectivity index (χ1) is 17.7. The maximum Gasteiger partial charge on any atom is 0.253 e. The van der Waals surface area contributed by atoms with Gasteiger partial charge in [0, 0.05) is 18.7 Å². The summed E-state index contributed by atoms with van der Waals surface area (Å²) in [7, 11) is 0. The number of aliphatic hydroxyl groups is 4. The summed E-state index contributed by atoms with van der Waals surface area (Å²) in [5.41, 5.74) is 1.53. The van der Waals surface area contributed by atoms with Crippen molar-refractivity contribution in [1.82, 2.24) is 4.90 Å². The summed E-state index contributed by atoms with van der Waals surface area (Å²) in [6, 6.07) is 13.4. The number of likely N-dealkylation sites (tertiary alicyclic amines) is 1. The van der Waals surface area contributed by atoms with Gasteiger partial charge in [-0.1, -0.05) is 32.0 Å². The molecule has 2 saturated heterocycles. The molecule has 0 radical (unpaired) electrons. The Balaban J connectivity index is 1.67. The van der Waals surface area contributed by atoms with Crippen molar-refractivity contribution in [1.29, 1.82) is 0 Å². The van der Waals surface area contributed by atoms with Crippen molar-refractivity contribution in [3.8, 4) is 16.9 Å². The van der Waals surface area contributed by atoms with Crippen LogP contribution >= 0.6 is 0 Å². The smallest absolute Gasteiger partial charge is 0.253 e. The lowest BCUT2D eigenvalue weighted by Gasteiger charge is -2.46. The molecule has 4 rings (SSSR count). The Bertz CT molecular complexity index is 1080. The number of rotatable bonds is 8. The molecule has 0 bridgehead atoms. The fraction of sp³-hybridized carbons (Fsp3) is 0.552. The van der Waals surface area contributed by atoms with E-state index in [2.05, 4.69) is 13.8 Å². The number of benzene rings is 2. The van der Waals surface area contributed by atoms with E-state index in [4.69, 9.17) is 9.47 Å². The Morgan fingerprint density at radius 2 is 1.78 bits per heavy atom. The van der Waals surface area contributed by atoms with Crippen LogP contribution in [0.15, 0.2) is 42.5 Å². The molecule has 2 aromatic rings. The van der Waals surface area contributed by atoms with Crippen LogP contribution in [0.25, 0.3) is 11.1 Å². The number of carbonyl (C=O) groups excluding carboxylic acids is 1. The van der Waals surface area contributed by atoms with Crippen molar-refractivity contribution < 1.29 is 34.7 Å². The predicted octanol–water partition coefficient (Wildman–Crippen LogP) is 3.06. The highest BCUT2D eigenvalue weighted by Gasteiger charge is 2.53. The molecule has 0 aliphatic carbocycles. The molecular weight excluding hydrogens is 474 g/mol. The van der Waals surface area contributed by atoms with Gasteiger partial charge in [-0.3, -0.25) is 4.79 Å². The number of nitrogens with zero attached hydrogens (tertiary/aromatic N) is 1. The van der Waals surface area contributed by atoms with Gasteiger partial charge in [0.1, 0.15) is 24.1 Å². The van der Waals surface area contributed by atoms with Crippen LogP contribution in [0.4, 0.5) is 0 Å². The summed E-state index contributed by atoms with van der Waals surface area (Å²) in [5, 5.41) is 41.2. The Morgan fingerprint density at radius 1 is 1.11 bits per heavy atom. The molecule has 0 aromatic heterocycles. The second-order valence-electron chi connectivity index (χ2n) is 10.3. The number of aliphatic hydroxyl groups excluding tert-OH is 3. The predicted molar refractivity (Wildman–Crippen MR) is 139 cm³/mol. The average molecular weight is 514 g/mol. The highest BCUT2D eigenvalue weighted by molar-refractivity contribution is 5.95. The van der Waals surface area contributed by atoms with Crippen LogP contribution in [0.1, 0.15) is 68.3 Å². The van der Waals surface area contributed by atoms with E-state index < -0.39 is 36.8 Å². The molecule has 0 spiro atoms. The molecule has 2 heterocycles. The van der Waals surface area contributed by atoms with Crippen molar-refractivity contribution in [3.63, 3.8) is 0 Å². The van der Waals surface area contributed by atoms with Gasteiger partial charge in [-0.15, -0.1) is 0 Å². The van der Waals surface area contributed by atoms with Gasteiger partial charge in [0.05, 0.1) is 6.61 Å². The normalized spacial score (nSPS) is 28.1. The van der Waals surface area contributed by atoms with Gasteiger partial charge < -0.3 is 34.8 Å². The second kappa shape index (κ2) is 11.5. The maximum absolute atomic E-state index is 12.9. The van der Waals surface area contributed by atoms with E-state index in [-0.39, 0.29) is 11.8 Å². The Hall–Kier alpha value is -2.49. The number of hydrogen-bond donors (Lipinski definition) is 4. The van der Waals surface area contributed by atoms with E-state index in [1.165, 1.54) is 6.92 Å². The molecule has 4 N–H and O–H groups in total. The second-order valence-corrected chi connectivity index (χ2v) is 10.3. The van der Waals surface area contributed by atoms with Crippen molar-refractivity contribution in [2.24, 2.45) is 0 Å². The van der Waals surface area contributed by atoms with Gasteiger partial charge >= 0.3 is 0 Å². The molecule has 8 heteroatoms. The number of hydrogen-bond acceptors (Lipinski definition) is 7. The SMILES string of the molecule is CCC(CC)c1cc(-c2cccc(C(=O)N3CCCC3)c2)ccc1OC1OC(CO)C(O)C(O)C1(C)O. The van der Waals surface area contributed by atoms with Gasteiger partial charge in [0.2, 0.25) is 6.29 Å². The number of carbonyl (C=O) groups is 1. The quantitative estimate of drug-likeness (QED) is 0.428. The molecule has 2 aromatic carbocycles. The molecule has 2 fully saturated rings. The first kappa shape index (κ1) is 27.5. The van der Waals surface area contributed by atoms with Crippen molar-refractivity contribution in [2.75, 3.05) is 19.7 Å². The Labute approximate surface area is 218 Å². The summed E-state index contributed by atoms with van der Waals surface area (Å²) in [6.45, 7) is 6.59. The molecule has 2 aliphatic rings.